The zero-order chi connectivity index (χ0) is 9.97. The molecule has 3 nitrogen and oxygen atoms in total. The van der Waals surface area contributed by atoms with Gasteiger partial charge in [-0.2, -0.15) is 5.10 Å². The molecule has 1 aromatic carbocycles. The maximum Gasteiger partial charge on any atom is 0.0693 e. The van der Waals surface area contributed by atoms with E-state index in [1.807, 2.05) is 48.1 Å². The van der Waals surface area contributed by atoms with Crippen LogP contribution >= 0.6 is 0 Å². The van der Waals surface area contributed by atoms with Crippen molar-refractivity contribution in [1.29, 1.82) is 0 Å². The highest BCUT2D eigenvalue weighted by molar-refractivity contribution is 5.41. The second-order valence-electron chi connectivity index (χ2n) is 3.30. The van der Waals surface area contributed by atoms with E-state index in [0.717, 1.165) is 11.3 Å². The first kappa shape index (κ1) is 8.97. The fourth-order valence-corrected chi connectivity index (χ4v) is 1.49. The number of hydrogen-bond acceptors (Lipinski definition) is 2. The Morgan fingerprint density at radius 1 is 1.29 bits per heavy atom. The molecule has 0 aliphatic rings. The molecule has 72 valence electrons. The number of nitrogens with two attached hydrogens (primary N) is 1. The maximum atomic E-state index is 5.88. The number of benzene rings is 1. The van der Waals surface area contributed by atoms with Crippen LogP contribution in [0.2, 0.25) is 0 Å². The molecule has 0 saturated heterocycles. The molecule has 0 saturated carbocycles. The average Bonchev–Trinajstić information content (AvgIpc) is 2.70. The molecule has 0 fully saturated rings. The molecule has 3 heteroatoms. The molecule has 0 spiro atoms. The highest BCUT2D eigenvalue weighted by atomic mass is 15.3. The van der Waals surface area contributed by atoms with Crippen molar-refractivity contribution >= 4 is 0 Å². The minimum Gasteiger partial charge on any atom is -0.324 e. The number of hydrogen-bond donors (Lipinski definition) is 1. The van der Waals surface area contributed by atoms with Gasteiger partial charge in [0.05, 0.1) is 5.69 Å². The van der Waals surface area contributed by atoms with Crippen LogP contribution in [0.3, 0.4) is 0 Å². The predicted octanol–water partition coefficient (Wildman–Crippen LogP) is 1.89. The number of para-hydroxylation sites is 1. The van der Waals surface area contributed by atoms with Crippen molar-refractivity contribution in [2.24, 2.45) is 5.73 Å². The molecule has 0 aliphatic heterocycles. The van der Waals surface area contributed by atoms with Gasteiger partial charge in [-0.15, -0.1) is 0 Å². The molecular formula is C11H13N3. The third kappa shape index (κ3) is 1.54. The molecular weight excluding hydrogens is 174 g/mol. The molecule has 0 amide bonds. The first-order valence-electron chi connectivity index (χ1n) is 4.63. The molecule has 0 unspecified atom stereocenters. The lowest BCUT2D eigenvalue weighted by atomic mass is 10.1. The molecule has 1 heterocycles. The van der Waals surface area contributed by atoms with Gasteiger partial charge in [0.2, 0.25) is 0 Å². The summed E-state index contributed by atoms with van der Waals surface area (Å²) >= 11 is 0. The van der Waals surface area contributed by atoms with E-state index in [1.54, 1.807) is 6.20 Å². The molecule has 0 bridgehead atoms. The summed E-state index contributed by atoms with van der Waals surface area (Å²) in [4.78, 5) is 0. The molecule has 1 atom stereocenters. The van der Waals surface area contributed by atoms with Crippen molar-refractivity contribution in [3.8, 4) is 5.69 Å². The van der Waals surface area contributed by atoms with Crippen molar-refractivity contribution in [1.82, 2.24) is 9.78 Å². The quantitative estimate of drug-likeness (QED) is 0.780. The zero-order valence-electron chi connectivity index (χ0n) is 8.09. The first-order chi connectivity index (χ1) is 6.79. The molecule has 0 aliphatic carbocycles. The third-order valence-corrected chi connectivity index (χ3v) is 2.18. The average molecular weight is 187 g/mol. The van der Waals surface area contributed by atoms with Crippen molar-refractivity contribution in [2.45, 2.75) is 13.0 Å². The number of nitrogens with zero attached hydrogens (tertiary/aromatic N) is 2. The van der Waals surface area contributed by atoms with Crippen LogP contribution in [0.25, 0.3) is 5.69 Å². The van der Waals surface area contributed by atoms with Crippen molar-refractivity contribution in [2.75, 3.05) is 0 Å². The molecule has 0 radical (unpaired) electrons. The van der Waals surface area contributed by atoms with E-state index in [4.69, 9.17) is 5.73 Å². The summed E-state index contributed by atoms with van der Waals surface area (Å²) in [6, 6.07) is 9.95. The summed E-state index contributed by atoms with van der Waals surface area (Å²) < 4.78 is 1.83. The number of rotatable bonds is 2. The van der Waals surface area contributed by atoms with Gasteiger partial charge in [-0.3, -0.25) is 0 Å². The van der Waals surface area contributed by atoms with Crippen LogP contribution in [-0.2, 0) is 0 Å². The van der Waals surface area contributed by atoms with Crippen molar-refractivity contribution < 1.29 is 0 Å². The topological polar surface area (TPSA) is 43.8 Å². The summed E-state index contributed by atoms with van der Waals surface area (Å²) in [5.41, 5.74) is 8.04. The fourth-order valence-electron chi connectivity index (χ4n) is 1.49. The van der Waals surface area contributed by atoms with Gasteiger partial charge in [0, 0.05) is 18.4 Å². The summed E-state index contributed by atoms with van der Waals surface area (Å²) in [6.07, 6.45) is 3.68. The maximum absolute atomic E-state index is 5.88. The predicted molar refractivity (Wildman–Crippen MR) is 56.2 cm³/mol. The van der Waals surface area contributed by atoms with E-state index in [-0.39, 0.29) is 6.04 Å². The van der Waals surface area contributed by atoms with Crippen molar-refractivity contribution in [3.63, 3.8) is 0 Å². The Bertz CT molecular complexity index is 404. The first-order valence-corrected chi connectivity index (χ1v) is 4.63. The molecule has 2 aromatic rings. The van der Waals surface area contributed by atoms with Gasteiger partial charge in [0.25, 0.3) is 0 Å². The van der Waals surface area contributed by atoms with Gasteiger partial charge in [0.15, 0.2) is 0 Å². The van der Waals surface area contributed by atoms with Crippen LogP contribution < -0.4 is 5.73 Å². The highest BCUT2D eigenvalue weighted by Gasteiger charge is 2.06. The summed E-state index contributed by atoms with van der Waals surface area (Å²) in [5, 5.41) is 4.19. The Morgan fingerprint density at radius 3 is 2.71 bits per heavy atom. The lowest BCUT2D eigenvalue weighted by molar-refractivity contribution is 0.781. The minimum absolute atomic E-state index is 0.0235. The molecule has 1 aromatic heterocycles. The number of aromatic nitrogens is 2. The van der Waals surface area contributed by atoms with Crippen LogP contribution in [0.4, 0.5) is 0 Å². The fraction of sp³-hybridized carbons (Fsp3) is 0.182. The van der Waals surface area contributed by atoms with Gasteiger partial charge < -0.3 is 5.73 Å². The van der Waals surface area contributed by atoms with E-state index in [1.165, 1.54) is 0 Å². The normalized spacial score (nSPS) is 12.7. The van der Waals surface area contributed by atoms with Gasteiger partial charge in [-0.25, -0.2) is 4.68 Å². The largest absolute Gasteiger partial charge is 0.324 e. The van der Waals surface area contributed by atoms with Crippen LogP contribution in [0.1, 0.15) is 18.5 Å². The third-order valence-electron chi connectivity index (χ3n) is 2.18. The minimum atomic E-state index is 0.0235. The van der Waals surface area contributed by atoms with E-state index in [0.29, 0.717) is 0 Å². The van der Waals surface area contributed by atoms with Crippen LogP contribution in [0.5, 0.6) is 0 Å². The molecule has 2 rings (SSSR count). The second-order valence-corrected chi connectivity index (χ2v) is 3.30. The van der Waals surface area contributed by atoms with Crippen LogP contribution in [0, 0.1) is 0 Å². The van der Waals surface area contributed by atoms with Gasteiger partial charge in [-0.05, 0) is 24.6 Å². The van der Waals surface area contributed by atoms with Crippen LogP contribution in [-0.4, -0.2) is 9.78 Å². The van der Waals surface area contributed by atoms with E-state index < -0.39 is 0 Å². The zero-order valence-corrected chi connectivity index (χ0v) is 8.09. The summed E-state index contributed by atoms with van der Waals surface area (Å²) in [5.74, 6) is 0. The Kier molecular flexibility index (Phi) is 2.33. The summed E-state index contributed by atoms with van der Waals surface area (Å²) in [6.45, 7) is 1.97. The van der Waals surface area contributed by atoms with Gasteiger partial charge in [-0.1, -0.05) is 18.2 Å². The molecule has 14 heavy (non-hydrogen) atoms. The Morgan fingerprint density at radius 2 is 2.07 bits per heavy atom. The van der Waals surface area contributed by atoms with E-state index >= 15 is 0 Å². The Hall–Kier alpha value is -1.61. The van der Waals surface area contributed by atoms with Gasteiger partial charge >= 0.3 is 0 Å². The van der Waals surface area contributed by atoms with Gasteiger partial charge in [0.1, 0.15) is 0 Å². The molecule has 2 N–H and O–H groups in total. The van der Waals surface area contributed by atoms with Crippen LogP contribution in [0.15, 0.2) is 42.7 Å². The monoisotopic (exact) mass is 187 g/mol. The van der Waals surface area contributed by atoms with E-state index in [2.05, 4.69) is 5.10 Å². The van der Waals surface area contributed by atoms with Crippen molar-refractivity contribution in [3.05, 3.63) is 48.3 Å². The Labute approximate surface area is 83.2 Å². The lowest BCUT2D eigenvalue weighted by Gasteiger charge is -2.11. The standard InChI is InChI=1S/C11H13N3/c1-9(12)10-5-2-3-6-11(10)14-8-4-7-13-14/h2-9H,12H2,1H3/t9-/m0/s1. The second kappa shape index (κ2) is 3.64. The lowest BCUT2D eigenvalue weighted by Crippen LogP contribution is -2.09. The summed E-state index contributed by atoms with van der Waals surface area (Å²) in [7, 11) is 0. The highest BCUT2D eigenvalue weighted by Crippen LogP contribution is 2.18. The Balaban J connectivity index is 2.53. The van der Waals surface area contributed by atoms with E-state index in [9.17, 15) is 0 Å². The smallest absolute Gasteiger partial charge is 0.0693 e. The SMILES string of the molecule is C[C@H](N)c1ccccc1-n1cccn1.